The Labute approximate surface area is 322 Å². The first-order valence-electron chi connectivity index (χ1n) is 18.8. The summed E-state index contributed by atoms with van der Waals surface area (Å²) in [4.78, 5) is 9.74. The van der Waals surface area contributed by atoms with E-state index in [1.54, 1.807) is 0 Å². The van der Waals surface area contributed by atoms with Crippen molar-refractivity contribution in [3.8, 4) is 11.5 Å². The Balaban J connectivity index is 1.05. The van der Waals surface area contributed by atoms with E-state index >= 15 is 0 Å². The second kappa shape index (κ2) is 13.0. The van der Waals surface area contributed by atoms with E-state index in [1.165, 1.54) is 5.39 Å². The number of para-hydroxylation sites is 3. The molecule has 0 saturated carbocycles. The van der Waals surface area contributed by atoms with Crippen LogP contribution in [0.4, 0.5) is 34.1 Å². The molecule has 0 aliphatic heterocycles. The molecule has 0 aliphatic rings. The Hall–Kier alpha value is -7.63. The maximum absolute atomic E-state index is 6.68. The van der Waals surface area contributed by atoms with E-state index in [-0.39, 0.29) is 0 Å². The molecular weight excluding hydrogens is 687 g/mol. The standard InChI is InChI=1S/C51H33N3O2/c1-3-16-35(17-4-1)53(37-20-13-15-34(31-37)51-52-49-44-26-9-7-23-41(44)42-24-8-10-27-45(42)50(49)56-51)38-21-14-22-39(32-38)54(36-18-5-2-6-19-36)40-29-30-48-46(33-40)43-25-11-12-28-47(43)55-48/h1-33H. The summed E-state index contributed by atoms with van der Waals surface area (Å²) in [6.45, 7) is 0. The number of fused-ring (bicyclic) bond motifs is 9. The molecule has 11 rings (SSSR count). The van der Waals surface area contributed by atoms with Crippen LogP contribution in [0.5, 0.6) is 0 Å². The Morgan fingerprint density at radius 3 is 1.52 bits per heavy atom. The van der Waals surface area contributed by atoms with Gasteiger partial charge in [-0.3, -0.25) is 0 Å². The molecular formula is C51H33N3O2. The average Bonchev–Trinajstić information content (AvgIpc) is 3.88. The summed E-state index contributed by atoms with van der Waals surface area (Å²) in [5.74, 6) is 0.586. The van der Waals surface area contributed by atoms with Gasteiger partial charge >= 0.3 is 0 Å². The first-order chi connectivity index (χ1) is 27.8. The van der Waals surface area contributed by atoms with Crippen molar-refractivity contribution in [2.24, 2.45) is 0 Å². The van der Waals surface area contributed by atoms with Gasteiger partial charge in [-0.1, -0.05) is 115 Å². The third-order valence-electron chi connectivity index (χ3n) is 10.6. The van der Waals surface area contributed by atoms with Crippen molar-refractivity contribution in [3.05, 3.63) is 200 Å². The molecule has 9 aromatic carbocycles. The van der Waals surface area contributed by atoms with Crippen LogP contribution < -0.4 is 9.80 Å². The fraction of sp³-hybridized carbons (Fsp3) is 0. The van der Waals surface area contributed by atoms with Gasteiger partial charge in [0.15, 0.2) is 5.58 Å². The summed E-state index contributed by atoms with van der Waals surface area (Å²) in [6.07, 6.45) is 0. The Morgan fingerprint density at radius 2 is 0.821 bits per heavy atom. The van der Waals surface area contributed by atoms with Crippen molar-refractivity contribution in [1.29, 1.82) is 0 Å². The summed E-state index contributed by atoms with van der Waals surface area (Å²) in [5, 5.41) is 6.64. The molecule has 264 valence electrons. The largest absolute Gasteiger partial charge is 0.456 e. The number of oxazole rings is 1. The lowest BCUT2D eigenvalue weighted by molar-refractivity contribution is 0.623. The zero-order chi connectivity index (χ0) is 37.0. The molecule has 0 bridgehead atoms. The average molecular weight is 720 g/mol. The molecule has 2 heterocycles. The third-order valence-corrected chi connectivity index (χ3v) is 10.6. The molecule has 0 N–H and O–H groups in total. The lowest BCUT2D eigenvalue weighted by Gasteiger charge is -2.29. The summed E-state index contributed by atoms with van der Waals surface area (Å²) in [5.41, 5.74) is 10.5. The number of rotatable bonds is 7. The van der Waals surface area contributed by atoms with Gasteiger partial charge in [-0.25, -0.2) is 4.98 Å². The minimum atomic E-state index is 0.586. The van der Waals surface area contributed by atoms with Crippen molar-refractivity contribution >= 4 is 88.7 Å². The van der Waals surface area contributed by atoms with Gasteiger partial charge in [-0.15, -0.1) is 0 Å². The molecule has 0 aliphatic carbocycles. The molecule has 5 nitrogen and oxygen atoms in total. The molecule has 0 spiro atoms. The van der Waals surface area contributed by atoms with E-state index in [2.05, 4.69) is 192 Å². The van der Waals surface area contributed by atoms with Gasteiger partial charge < -0.3 is 18.6 Å². The fourth-order valence-corrected chi connectivity index (χ4v) is 8.10. The molecule has 56 heavy (non-hydrogen) atoms. The number of aromatic nitrogens is 1. The van der Waals surface area contributed by atoms with E-state index in [0.717, 1.165) is 88.9 Å². The molecule has 2 aromatic heterocycles. The Bertz CT molecular complexity index is 3150. The Kier molecular flexibility index (Phi) is 7.42. The smallest absolute Gasteiger partial charge is 0.227 e. The quantitative estimate of drug-likeness (QED) is 0.153. The number of nitrogens with zero attached hydrogens (tertiary/aromatic N) is 3. The number of benzene rings is 9. The van der Waals surface area contributed by atoms with E-state index in [9.17, 15) is 0 Å². The monoisotopic (exact) mass is 719 g/mol. The van der Waals surface area contributed by atoms with E-state index in [4.69, 9.17) is 13.8 Å². The summed E-state index contributed by atoms with van der Waals surface area (Å²) < 4.78 is 12.9. The molecule has 0 atom stereocenters. The zero-order valence-corrected chi connectivity index (χ0v) is 30.2. The highest BCUT2D eigenvalue weighted by Gasteiger charge is 2.21. The summed E-state index contributed by atoms with van der Waals surface area (Å²) in [7, 11) is 0. The predicted octanol–water partition coefficient (Wildman–Crippen LogP) is 14.6. The van der Waals surface area contributed by atoms with Crippen LogP contribution in [0.2, 0.25) is 0 Å². The minimum absolute atomic E-state index is 0.586. The zero-order valence-electron chi connectivity index (χ0n) is 30.2. The lowest BCUT2D eigenvalue weighted by atomic mass is 10.0. The molecule has 0 unspecified atom stereocenters. The number of anilines is 6. The van der Waals surface area contributed by atoms with E-state index < -0.39 is 0 Å². The second-order valence-electron chi connectivity index (χ2n) is 14.0. The van der Waals surface area contributed by atoms with Gasteiger partial charge in [-0.2, -0.15) is 0 Å². The van der Waals surface area contributed by atoms with Crippen molar-refractivity contribution in [1.82, 2.24) is 4.98 Å². The lowest BCUT2D eigenvalue weighted by Crippen LogP contribution is -2.13. The highest BCUT2D eigenvalue weighted by Crippen LogP contribution is 2.43. The fourth-order valence-electron chi connectivity index (χ4n) is 8.10. The van der Waals surface area contributed by atoms with Crippen LogP contribution in [0.15, 0.2) is 209 Å². The van der Waals surface area contributed by atoms with Crippen LogP contribution in [0.1, 0.15) is 0 Å². The molecule has 11 aromatic rings. The predicted molar refractivity (Wildman–Crippen MR) is 231 cm³/mol. The summed E-state index contributed by atoms with van der Waals surface area (Å²) in [6, 6.07) is 69.7. The summed E-state index contributed by atoms with van der Waals surface area (Å²) >= 11 is 0. The molecule has 0 amide bonds. The van der Waals surface area contributed by atoms with Gasteiger partial charge in [0, 0.05) is 61.2 Å². The van der Waals surface area contributed by atoms with Gasteiger partial charge in [0.1, 0.15) is 16.7 Å². The van der Waals surface area contributed by atoms with Crippen LogP contribution in [0.25, 0.3) is 66.0 Å². The van der Waals surface area contributed by atoms with Crippen molar-refractivity contribution < 1.29 is 8.83 Å². The van der Waals surface area contributed by atoms with E-state index in [1.807, 2.05) is 18.2 Å². The van der Waals surface area contributed by atoms with Crippen LogP contribution in [-0.2, 0) is 0 Å². The number of hydrogen-bond donors (Lipinski definition) is 0. The molecule has 0 saturated heterocycles. The second-order valence-corrected chi connectivity index (χ2v) is 14.0. The molecule has 0 radical (unpaired) electrons. The van der Waals surface area contributed by atoms with Gasteiger partial charge in [0.05, 0.1) is 0 Å². The molecule has 5 heteroatoms. The first-order valence-corrected chi connectivity index (χ1v) is 18.8. The first kappa shape index (κ1) is 31.9. The number of hydrogen-bond acceptors (Lipinski definition) is 5. The normalized spacial score (nSPS) is 11.6. The van der Waals surface area contributed by atoms with Crippen molar-refractivity contribution in [2.75, 3.05) is 9.80 Å². The van der Waals surface area contributed by atoms with Crippen LogP contribution in [-0.4, -0.2) is 4.98 Å². The van der Waals surface area contributed by atoms with Gasteiger partial charge in [0.25, 0.3) is 0 Å². The van der Waals surface area contributed by atoms with Gasteiger partial charge in [0.2, 0.25) is 5.89 Å². The highest BCUT2D eigenvalue weighted by atomic mass is 16.3. The van der Waals surface area contributed by atoms with Crippen molar-refractivity contribution in [2.45, 2.75) is 0 Å². The maximum Gasteiger partial charge on any atom is 0.227 e. The third kappa shape index (κ3) is 5.29. The highest BCUT2D eigenvalue weighted by molar-refractivity contribution is 6.22. The number of furan rings is 1. The van der Waals surface area contributed by atoms with E-state index in [0.29, 0.717) is 5.89 Å². The minimum Gasteiger partial charge on any atom is -0.456 e. The molecule has 0 fully saturated rings. The Morgan fingerprint density at radius 1 is 0.321 bits per heavy atom. The maximum atomic E-state index is 6.68. The SMILES string of the molecule is c1ccc(N(c2cccc(-c3nc4c5ccccc5c5ccccc5c4o3)c2)c2cccc(N(c3ccccc3)c3ccc4oc5ccccc5c4c3)c2)cc1. The van der Waals surface area contributed by atoms with Crippen LogP contribution in [0.3, 0.4) is 0 Å². The van der Waals surface area contributed by atoms with Crippen LogP contribution >= 0.6 is 0 Å². The van der Waals surface area contributed by atoms with Gasteiger partial charge in [-0.05, 0) is 95.7 Å². The van der Waals surface area contributed by atoms with Crippen molar-refractivity contribution in [3.63, 3.8) is 0 Å². The van der Waals surface area contributed by atoms with Crippen LogP contribution in [0, 0.1) is 0 Å². The topological polar surface area (TPSA) is 45.7 Å².